The van der Waals surface area contributed by atoms with Gasteiger partial charge in [-0.3, -0.25) is 4.79 Å². The third kappa shape index (κ3) is 4.00. The maximum Gasteiger partial charge on any atom is 0.251 e. The first-order valence-corrected chi connectivity index (χ1v) is 8.49. The Balaban J connectivity index is 1.95. The first-order valence-electron chi connectivity index (χ1n) is 7.09. The molecular formula is C16H23NOS. The number of hydrogen-bond acceptors (Lipinski definition) is 2. The van der Waals surface area contributed by atoms with E-state index in [0.717, 1.165) is 17.7 Å². The van der Waals surface area contributed by atoms with Gasteiger partial charge in [0.15, 0.2) is 0 Å². The Morgan fingerprint density at radius 3 is 2.58 bits per heavy atom. The summed E-state index contributed by atoms with van der Waals surface area (Å²) in [5, 5.41) is 3.19. The second-order valence-corrected chi connectivity index (χ2v) is 6.34. The third-order valence-electron chi connectivity index (χ3n) is 3.96. The zero-order valence-electron chi connectivity index (χ0n) is 11.8. The molecule has 1 N–H and O–H groups in total. The second kappa shape index (κ2) is 6.99. The van der Waals surface area contributed by atoms with E-state index in [2.05, 4.69) is 30.6 Å². The van der Waals surface area contributed by atoms with Crippen LogP contribution in [-0.2, 0) is 5.75 Å². The summed E-state index contributed by atoms with van der Waals surface area (Å²) in [5.74, 6) is 1.68. The van der Waals surface area contributed by atoms with Crippen molar-refractivity contribution in [1.82, 2.24) is 5.32 Å². The van der Waals surface area contributed by atoms with Crippen LogP contribution < -0.4 is 5.32 Å². The molecule has 0 heterocycles. The van der Waals surface area contributed by atoms with Crippen molar-refractivity contribution >= 4 is 17.7 Å². The normalized spacial score (nSPS) is 23.1. The molecule has 1 aliphatic carbocycles. The van der Waals surface area contributed by atoms with E-state index in [0.29, 0.717) is 12.0 Å². The fourth-order valence-corrected chi connectivity index (χ4v) is 3.23. The van der Waals surface area contributed by atoms with Crippen LogP contribution in [0.3, 0.4) is 0 Å². The highest BCUT2D eigenvalue weighted by Crippen LogP contribution is 2.24. The number of amides is 1. The van der Waals surface area contributed by atoms with Gasteiger partial charge in [0.1, 0.15) is 0 Å². The summed E-state index contributed by atoms with van der Waals surface area (Å²) >= 11 is 1.80. The van der Waals surface area contributed by atoms with Gasteiger partial charge in [0.2, 0.25) is 0 Å². The van der Waals surface area contributed by atoms with Crippen LogP contribution >= 0.6 is 11.8 Å². The molecule has 1 saturated carbocycles. The van der Waals surface area contributed by atoms with Gasteiger partial charge in [-0.05, 0) is 42.7 Å². The Morgan fingerprint density at radius 1 is 1.26 bits per heavy atom. The molecule has 0 bridgehead atoms. The molecule has 1 fully saturated rings. The lowest BCUT2D eigenvalue weighted by atomic mass is 9.86. The smallest absolute Gasteiger partial charge is 0.251 e. The third-order valence-corrected chi connectivity index (χ3v) is 4.58. The van der Waals surface area contributed by atoms with Crippen molar-refractivity contribution in [3.05, 3.63) is 35.4 Å². The summed E-state index contributed by atoms with van der Waals surface area (Å²) in [4.78, 5) is 12.2. The topological polar surface area (TPSA) is 29.1 Å². The average molecular weight is 277 g/mol. The van der Waals surface area contributed by atoms with E-state index in [-0.39, 0.29) is 5.91 Å². The minimum Gasteiger partial charge on any atom is -0.349 e. The highest BCUT2D eigenvalue weighted by atomic mass is 32.2. The Morgan fingerprint density at radius 2 is 1.95 bits per heavy atom. The first kappa shape index (κ1) is 14.4. The van der Waals surface area contributed by atoms with E-state index < -0.39 is 0 Å². The summed E-state index contributed by atoms with van der Waals surface area (Å²) in [6.07, 6.45) is 6.99. The predicted molar refractivity (Wildman–Crippen MR) is 82.5 cm³/mol. The van der Waals surface area contributed by atoms with Crippen LogP contribution in [0, 0.1) is 5.92 Å². The number of rotatable bonds is 4. The van der Waals surface area contributed by atoms with E-state index in [9.17, 15) is 4.79 Å². The molecule has 0 aliphatic heterocycles. The molecule has 2 nitrogen and oxygen atoms in total. The molecule has 0 spiro atoms. The van der Waals surface area contributed by atoms with Crippen molar-refractivity contribution in [3.8, 4) is 0 Å². The van der Waals surface area contributed by atoms with Gasteiger partial charge in [-0.15, -0.1) is 0 Å². The van der Waals surface area contributed by atoms with Crippen molar-refractivity contribution < 1.29 is 4.79 Å². The van der Waals surface area contributed by atoms with Gasteiger partial charge in [0, 0.05) is 17.4 Å². The molecular weight excluding hydrogens is 254 g/mol. The number of hydrogen-bond donors (Lipinski definition) is 1. The first-order chi connectivity index (χ1) is 9.20. The van der Waals surface area contributed by atoms with E-state index in [1.165, 1.54) is 24.8 Å². The molecule has 2 rings (SSSR count). The molecule has 1 aromatic rings. The van der Waals surface area contributed by atoms with Gasteiger partial charge < -0.3 is 5.32 Å². The number of carbonyl (C=O) groups excluding carboxylic acids is 1. The highest BCUT2D eigenvalue weighted by Gasteiger charge is 2.23. The lowest BCUT2D eigenvalue weighted by molar-refractivity contribution is 0.0910. The van der Waals surface area contributed by atoms with Gasteiger partial charge >= 0.3 is 0 Å². The molecule has 0 saturated heterocycles. The zero-order valence-corrected chi connectivity index (χ0v) is 12.6. The summed E-state index contributed by atoms with van der Waals surface area (Å²) in [6, 6.07) is 8.33. The number of nitrogens with one attached hydrogen (secondary N) is 1. The Hall–Kier alpha value is -0.960. The summed E-state index contributed by atoms with van der Waals surface area (Å²) in [5.41, 5.74) is 2.05. The fourth-order valence-electron chi connectivity index (χ4n) is 2.70. The summed E-state index contributed by atoms with van der Waals surface area (Å²) in [6.45, 7) is 2.24. The van der Waals surface area contributed by atoms with E-state index in [1.54, 1.807) is 11.8 Å². The van der Waals surface area contributed by atoms with Crippen molar-refractivity contribution in [3.63, 3.8) is 0 Å². The molecule has 2 atom stereocenters. The van der Waals surface area contributed by atoms with Gasteiger partial charge in [0.05, 0.1) is 0 Å². The summed E-state index contributed by atoms with van der Waals surface area (Å²) in [7, 11) is 0. The Labute approximate surface area is 120 Å². The standard InChI is InChI=1S/C16H23NOS/c1-12-5-3-4-6-15(12)17-16(18)14-9-7-13(8-10-14)11-19-2/h7-10,12,15H,3-6,11H2,1-2H3,(H,17,18)/t12-,15+/m1/s1. The van der Waals surface area contributed by atoms with Gasteiger partial charge in [0.25, 0.3) is 5.91 Å². The van der Waals surface area contributed by atoms with Crippen molar-refractivity contribution in [2.45, 2.75) is 44.4 Å². The molecule has 104 valence electrons. The number of benzene rings is 1. The molecule has 0 unspecified atom stereocenters. The van der Waals surface area contributed by atoms with Crippen LogP contribution in [0.15, 0.2) is 24.3 Å². The van der Waals surface area contributed by atoms with Crippen molar-refractivity contribution in [1.29, 1.82) is 0 Å². The van der Waals surface area contributed by atoms with Crippen LogP contribution in [0.2, 0.25) is 0 Å². The lowest BCUT2D eigenvalue weighted by Gasteiger charge is -2.29. The SMILES string of the molecule is CSCc1ccc(C(=O)N[C@H]2CCCC[C@H]2C)cc1. The Kier molecular flexibility index (Phi) is 5.32. The maximum atomic E-state index is 12.2. The van der Waals surface area contributed by atoms with Crippen LogP contribution in [0.1, 0.15) is 48.5 Å². The van der Waals surface area contributed by atoms with E-state index in [4.69, 9.17) is 0 Å². The average Bonchev–Trinajstić information content (AvgIpc) is 2.42. The fraction of sp³-hybridized carbons (Fsp3) is 0.562. The number of carbonyl (C=O) groups is 1. The minimum atomic E-state index is 0.0782. The minimum absolute atomic E-state index is 0.0782. The molecule has 1 aliphatic rings. The van der Waals surface area contributed by atoms with Gasteiger partial charge in [-0.1, -0.05) is 31.9 Å². The van der Waals surface area contributed by atoms with E-state index >= 15 is 0 Å². The Bertz CT molecular complexity index is 415. The molecule has 1 amide bonds. The molecule has 1 aromatic carbocycles. The second-order valence-electron chi connectivity index (χ2n) is 5.47. The van der Waals surface area contributed by atoms with Crippen LogP contribution in [0.5, 0.6) is 0 Å². The molecule has 19 heavy (non-hydrogen) atoms. The van der Waals surface area contributed by atoms with Crippen molar-refractivity contribution in [2.75, 3.05) is 6.26 Å². The van der Waals surface area contributed by atoms with Crippen LogP contribution in [0.25, 0.3) is 0 Å². The monoisotopic (exact) mass is 277 g/mol. The molecule has 3 heteroatoms. The lowest BCUT2D eigenvalue weighted by Crippen LogP contribution is -2.41. The van der Waals surface area contributed by atoms with Gasteiger partial charge in [-0.25, -0.2) is 0 Å². The van der Waals surface area contributed by atoms with Crippen LogP contribution in [0.4, 0.5) is 0 Å². The molecule has 0 aromatic heterocycles. The van der Waals surface area contributed by atoms with E-state index in [1.807, 2.05) is 12.1 Å². The zero-order chi connectivity index (χ0) is 13.7. The largest absolute Gasteiger partial charge is 0.349 e. The quantitative estimate of drug-likeness (QED) is 0.905. The molecule has 0 radical (unpaired) electrons. The number of thioether (sulfide) groups is 1. The predicted octanol–water partition coefficient (Wildman–Crippen LogP) is 3.86. The van der Waals surface area contributed by atoms with Crippen molar-refractivity contribution in [2.24, 2.45) is 5.92 Å². The maximum absolute atomic E-state index is 12.2. The highest BCUT2D eigenvalue weighted by molar-refractivity contribution is 7.97. The summed E-state index contributed by atoms with van der Waals surface area (Å²) < 4.78 is 0. The van der Waals surface area contributed by atoms with Gasteiger partial charge in [-0.2, -0.15) is 11.8 Å². The van der Waals surface area contributed by atoms with Crippen LogP contribution in [-0.4, -0.2) is 18.2 Å².